The summed E-state index contributed by atoms with van der Waals surface area (Å²) >= 11 is 0. The van der Waals surface area contributed by atoms with Gasteiger partial charge in [-0.1, -0.05) is 43.7 Å². The summed E-state index contributed by atoms with van der Waals surface area (Å²) in [6.45, 7) is 5.56. The van der Waals surface area contributed by atoms with Crippen molar-refractivity contribution in [2.75, 3.05) is 13.7 Å². The molecule has 2 nitrogen and oxygen atoms in total. The Labute approximate surface area is 98.6 Å². The molecule has 1 atom stereocenters. The fourth-order valence-electron chi connectivity index (χ4n) is 1.72. The SMILES string of the molecule is CCC[C@](C)(COCc1ccccc1)OC. The Morgan fingerprint density at radius 2 is 1.88 bits per heavy atom. The predicted octanol–water partition coefficient (Wildman–Crippen LogP) is 3.41. The molecule has 0 unspecified atom stereocenters. The molecular weight excluding hydrogens is 200 g/mol. The maximum absolute atomic E-state index is 5.70. The van der Waals surface area contributed by atoms with Crippen molar-refractivity contribution in [2.45, 2.75) is 38.9 Å². The van der Waals surface area contributed by atoms with Crippen molar-refractivity contribution in [1.82, 2.24) is 0 Å². The van der Waals surface area contributed by atoms with E-state index in [0.29, 0.717) is 13.2 Å². The molecule has 0 saturated carbocycles. The predicted molar refractivity (Wildman–Crippen MR) is 66.4 cm³/mol. The molecule has 0 aliphatic heterocycles. The molecule has 0 bridgehead atoms. The molecule has 0 N–H and O–H groups in total. The van der Waals surface area contributed by atoms with Gasteiger partial charge in [0.05, 0.1) is 18.8 Å². The van der Waals surface area contributed by atoms with Crippen molar-refractivity contribution >= 4 is 0 Å². The summed E-state index contributed by atoms with van der Waals surface area (Å²) in [5.74, 6) is 0. The standard InChI is InChI=1S/C14H22O2/c1-4-10-14(2,15-3)12-16-11-13-8-6-5-7-9-13/h5-9H,4,10-12H2,1-3H3/t14-/m1/s1. The first kappa shape index (κ1) is 13.2. The van der Waals surface area contributed by atoms with E-state index >= 15 is 0 Å². The van der Waals surface area contributed by atoms with Crippen LogP contribution in [0.1, 0.15) is 32.3 Å². The van der Waals surface area contributed by atoms with Crippen LogP contribution in [0.25, 0.3) is 0 Å². The van der Waals surface area contributed by atoms with Crippen LogP contribution in [0.2, 0.25) is 0 Å². The second kappa shape index (κ2) is 6.66. The quantitative estimate of drug-likeness (QED) is 0.704. The lowest BCUT2D eigenvalue weighted by Gasteiger charge is -2.27. The van der Waals surface area contributed by atoms with Crippen molar-refractivity contribution in [3.8, 4) is 0 Å². The molecule has 90 valence electrons. The van der Waals surface area contributed by atoms with Gasteiger partial charge in [0.25, 0.3) is 0 Å². The Hall–Kier alpha value is -0.860. The average Bonchev–Trinajstić information content (AvgIpc) is 2.31. The molecular formula is C14H22O2. The molecule has 0 saturated heterocycles. The lowest BCUT2D eigenvalue weighted by Crippen LogP contribution is -2.33. The largest absolute Gasteiger partial charge is 0.376 e. The van der Waals surface area contributed by atoms with Crippen molar-refractivity contribution in [3.05, 3.63) is 35.9 Å². The molecule has 1 aromatic rings. The van der Waals surface area contributed by atoms with Crippen LogP contribution in [0.5, 0.6) is 0 Å². The van der Waals surface area contributed by atoms with E-state index in [1.54, 1.807) is 7.11 Å². The monoisotopic (exact) mass is 222 g/mol. The van der Waals surface area contributed by atoms with E-state index in [0.717, 1.165) is 12.8 Å². The number of ether oxygens (including phenoxy) is 2. The zero-order valence-corrected chi connectivity index (χ0v) is 10.5. The molecule has 0 aromatic heterocycles. The lowest BCUT2D eigenvalue weighted by molar-refractivity contribution is -0.0725. The zero-order chi connectivity index (χ0) is 11.9. The van der Waals surface area contributed by atoms with Gasteiger partial charge >= 0.3 is 0 Å². The summed E-state index contributed by atoms with van der Waals surface area (Å²) in [6.07, 6.45) is 2.14. The van der Waals surface area contributed by atoms with E-state index in [2.05, 4.69) is 26.0 Å². The molecule has 0 radical (unpaired) electrons. The second-order valence-electron chi connectivity index (χ2n) is 4.38. The van der Waals surface area contributed by atoms with E-state index in [1.165, 1.54) is 5.56 Å². The molecule has 16 heavy (non-hydrogen) atoms. The highest BCUT2D eigenvalue weighted by atomic mass is 16.5. The van der Waals surface area contributed by atoms with Crippen LogP contribution in [-0.2, 0) is 16.1 Å². The lowest BCUT2D eigenvalue weighted by atomic mass is 10.0. The van der Waals surface area contributed by atoms with Crippen LogP contribution in [0.4, 0.5) is 0 Å². The van der Waals surface area contributed by atoms with Crippen LogP contribution in [0.3, 0.4) is 0 Å². The number of rotatable bonds is 7. The molecule has 0 amide bonds. The Balaban J connectivity index is 2.34. The molecule has 1 rings (SSSR count). The minimum atomic E-state index is -0.149. The Morgan fingerprint density at radius 1 is 1.19 bits per heavy atom. The molecule has 0 heterocycles. The second-order valence-corrected chi connectivity index (χ2v) is 4.38. The summed E-state index contributed by atoms with van der Waals surface area (Å²) in [4.78, 5) is 0. The first-order valence-electron chi connectivity index (χ1n) is 5.87. The summed E-state index contributed by atoms with van der Waals surface area (Å²) in [6, 6.07) is 10.2. The van der Waals surface area contributed by atoms with Crippen LogP contribution < -0.4 is 0 Å². The minimum absolute atomic E-state index is 0.149. The first-order valence-corrected chi connectivity index (χ1v) is 5.87. The van der Waals surface area contributed by atoms with Gasteiger partial charge < -0.3 is 9.47 Å². The van der Waals surface area contributed by atoms with Crippen molar-refractivity contribution < 1.29 is 9.47 Å². The summed E-state index contributed by atoms with van der Waals surface area (Å²) in [5, 5.41) is 0. The highest BCUT2D eigenvalue weighted by molar-refractivity contribution is 5.13. The van der Waals surface area contributed by atoms with Gasteiger partial charge in [-0.3, -0.25) is 0 Å². The van der Waals surface area contributed by atoms with Crippen LogP contribution in [0, 0.1) is 0 Å². The Morgan fingerprint density at radius 3 is 2.44 bits per heavy atom. The molecule has 0 spiro atoms. The van der Waals surface area contributed by atoms with E-state index in [-0.39, 0.29) is 5.60 Å². The van der Waals surface area contributed by atoms with Gasteiger partial charge in [-0.15, -0.1) is 0 Å². The molecule has 0 fully saturated rings. The van der Waals surface area contributed by atoms with Gasteiger partial charge in [0.1, 0.15) is 0 Å². The minimum Gasteiger partial charge on any atom is -0.376 e. The van der Waals surface area contributed by atoms with Crippen LogP contribution in [0.15, 0.2) is 30.3 Å². The van der Waals surface area contributed by atoms with Crippen molar-refractivity contribution in [1.29, 1.82) is 0 Å². The fraction of sp³-hybridized carbons (Fsp3) is 0.571. The normalized spacial score (nSPS) is 14.7. The van der Waals surface area contributed by atoms with E-state index in [4.69, 9.17) is 9.47 Å². The molecule has 2 heteroatoms. The molecule has 0 aliphatic carbocycles. The fourth-order valence-corrected chi connectivity index (χ4v) is 1.72. The van der Waals surface area contributed by atoms with Gasteiger partial charge in [-0.25, -0.2) is 0 Å². The topological polar surface area (TPSA) is 18.5 Å². The van der Waals surface area contributed by atoms with Crippen molar-refractivity contribution in [2.24, 2.45) is 0 Å². The highest BCUT2D eigenvalue weighted by Gasteiger charge is 2.22. The summed E-state index contributed by atoms with van der Waals surface area (Å²) in [5.41, 5.74) is 1.06. The average molecular weight is 222 g/mol. The number of benzene rings is 1. The first-order chi connectivity index (χ1) is 7.70. The van der Waals surface area contributed by atoms with E-state index in [9.17, 15) is 0 Å². The highest BCUT2D eigenvalue weighted by Crippen LogP contribution is 2.17. The van der Waals surface area contributed by atoms with Crippen LogP contribution >= 0.6 is 0 Å². The van der Waals surface area contributed by atoms with E-state index in [1.807, 2.05) is 18.2 Å². The Bertz CT molecular complexity index is 284. The van der Waals surface area contributed by atoms with Gasteiger partial charge in [0, 0.05) is 7.11 Å². The number of methoxy groups -OCH3 is 1. The van der Waals surface area contributed by atoms with Gasteiger partial charge in [-0.05, 0) is 18.9 Å². The number of hydrogen-bond acceptors (Lipinski definition) is 2. The van der Waals surface area contributed by atoms with Gasteiger partial charge in [0.15, 0.2) is 0 Å². The van der Waals surface area contributed by atoms with Crippen molar-refractivity contribution in [3.63, 3.8) is 0 Å². The number of hydrogen-bond donors (Lipinski definition) is 0. The molecule has 0 aliphatic rings. The maximum atomic E-state index is 5.70. The van der Waals surface area contributed by atoms with E-state index < -0.39 is 0 Å². The smallest absolute Gasteiger partial charge is 0.0883 e. The van der Waals surface area contributed by atoms with Gasteiger partial charge in [-0.2, -0.15) is 0 Å². The third-order valence-corrected chi connectivity index (χ3v) is 2.79. The summed E-state index contributed by atoms with van der Waals surface area (Å²) in [7, 11) is 1.75. The summed E-state index contributed by atoms with van der Waals surface area (Å²) < 4.78 is 11.2. The van der Waals surface area contributed by atoms with Gasteiger partial charge in [0.2, 0.25) is 0 Å². The third-order valence-electron chi connectivity index (χ3n) is 2.79. The third kappa shape index (κ3) is 4.33. The maximum Gasteiger partial charge on any atom is 0.0883 e. The zero-order valence-electron chi connectivity index (χ0n) is 10.5. The Kier molecular flexibility index (Phi) is 5.50. The van der Waals surface area contributed by atoms with Crippen LogP contribution in [-0.4, -0.2) is 19.3 Å². The molecule has 1 aromatic carbocycles.